The van der Waals surface area contributed by atoms with Crippen molar-refractivity contribution >= 4 is 21.8 Å². The van der Waals surface area contributed by atoms with Gasteiger partial charge in [-0.15, -0.1) is 11.7 Å². The summed E-state index contributed by atoms with van der Waals surface area (Å²) in [4.78, 5) is 14.7. The molecule has 0 aliphatic rings. The summed E-state index contributed by atoms with van der Waals surface area (Å²) in [5.74, 6) is -0.219. The van der Waals surface area contributed by atoms with E-state index in [1.54, 1.807) is 27.8 Å². The van der Waals surface area contributed by atoms with Crippen LogP contribution in [0.4, 0.5) is 0 Å². The number of carbonyl (C=O) groups is 1. The molecule has 7 heteroatoms. The van der Waals surface area contributed by atoms with E-state index in [1.165, 1.54) is 0 Å². The van der Waals surface area contributed by atoms with Crippen molar-refractivity contribution in [3.05, 3.63) is 88.2 Å². The van der Waals surface area contributed by atoms with E-state index >= 15 is 0 Å². The zero-order valence-electron chi connectivity index (χ0n) is 15.3. The molecule has 2 aromatic carbocycles. The fraction of sp³-hybridized carbons (Fsp3) is 0.143. The number of halogens is 1. The lowest BCUT2D eigenvalue weighted by Gasteiger charge is -2.20. The Hall–Kier alpha value is -3.24. The third-order valence-corrected chi connectivity index (χ3v) is 4.74. The van der Waals surface area contributed by atoms with Gasteiger partial charge in [-0.2, -0.15) is 5.26 Å². The Labute approximate surface area is 171 Å². The van der Waals surface area contributed by atoms with E-state index in [4.69, 9.17) is 5.26 Å². The number of nitriles is 1. The minimum absolute atomic E-state index is 0.219. The maximum Gasteiger partial charge on any atom is 0.276 e. The van der Waals surface area contributed by atoms with Crippen molar-refractivity contribution in [2.45, 2.75) is 13.5 Å². The highest BCUT2D eigenvalue weighted by Gasteiger charge is 2.22. The highest BCUT2D eigenvalue weighted by atomic mass is 79.9. The highest BCUT2D eigenvalue weighted by molar-refractivity contribution is 9.10. The summed E-state index contributed by atoms with van der Waals surface area (Å²) in [7, 11) is 0. The van der Waals surface area contributed by atoms with Gasteiger partial charge in [0.2, 0.25) is 0 Å². The summed E-state index contributed by atoms with van der Waals surface area (Å²) in [5, 5.41) is 17.2. The molecule has 1 amide bonds. The summed E-state index contributed by atoms with van der Waals surface area (Å²) in [6.45, 7) is 6.33. The highest BCUT2D eigenvalue weighted by Crippen LogP contribution is 2.19. The Balaban J connectivity index is 1.87. The van der Waals surface area contributed by atoms with Crippen molar-refractivity contribution < 1.29 is 4.79 Å². The van der Waals surface area contributed by atoms with Gasteiger partial charge in [0.15, 0.2) is 5.69 Å². The first-order chi connectivity index (χ1) is 13.5. The molecule has 6 nitrogen and oxygen atoms in total. The largest absolute Gasteiger partial charge is 0.329 e. The third kappa shape index (κ3) is 4.18. The number of amides is 1. The van der Waals surface area contributed by atoms with Gasteiger partial charge in [0.25, 0.3) is 5.91 Å². The predicted molar refractivity (Wildman–Crippen MR) is 110 cm³/mol. The van der Waals surface area contributed by atoms with Crippen molar-refractivity contribution in [3.8, 4) is 11.8 Å². The number of benzene rings is 2. The van der Waals surface area contributed by atoms with Gasteiger partial charge in [-0.3, -0.25) is 4.79 Å². The van der Waals surface area contributed by atoms with Crippen LogP contribution in [0.25, 0.3) is 5.69 Å². The lowest BCUT2D eigenvalue weighted by Crippen LogP contribution is -2.31. The van der Waals surface area contributed by atoms with E-state index in [-0.39, 0.29) is 5.91 Å². The van der Waals surface area contributed by atoms with Gasteiger partial charge in [-0.1, -0.05) is 45.4 Å². The number of carbonyl (C=O) groups excluding carboxylic acids is 1. The summed E-state index contributed by atoms with van der Waals surface area (Å²) < 4.78 is 2.56. The average Bonchev–Trinajstić information content (AvgIpc) is 3.09. The SMILES string of the molecule is C=CCN(Cc1ccc(C#N)cc1)C(=O)c1nnn(-c2cccc(Br)c2)c1C. The maximum atomic E-state index is 13.1. The quantitative estimate of drug-likeness (QED) is 0.547. The van der Waals surface area contributed by atoms with Gasteiger partial charge in [-0.25, -0.2) is 4.68 Å². The Bertz CT molecular complexity index is 1050. The van der Waals surface area contributed by atoms with Gasteiger partial charge in [0, 0.05) is 17.6 Å². The number of hydrogen-bond acceptors (Lipinski definition) is 4. The first-order valence-corrected chi connectivity index (χ1v) is 9.40. The van der Waals surface area contributed by atoms with E-state index in [2.05, 4.69) is 38.9 Å². The normalized spacial score (nSPS) is 10.3. The second-order valence-corrected chi connectivity index (χ2v) is 7.11. The van der Waals surface area contributed by atoms with E-state index in [1.807, 2.05) is 43.3 Å². The van der Waals surface area contributed by atoms with Crippen LogP contribution in [0.15, 0.2) is 65.7 Å². The van der Waals surface area contributed by atoms with Crippen LogP contribution >= 0.6 is 15.9 Å². The monoisotopic (exact) mass is 435 g/mol. The molecule has 0 saturated heterocycles. The van der Waals surface area contributed by atoms with Gasteiger partial charge < -0.3 is 4.90 Å². The minimum atomic E-state index is -0.219. The lowest BCUT2D eigenvalue weighted by atomic mass is 10.1. The van der Waals surface area contributed by atoms with Crippen LogP contribution in [0, 0.1) is 18.3 Å². The van der Waals surface area contributed by atoms with E-state index < -0.39 is 0 Å². The fourth-order valence-corrected chi connectivity index (χ4v) is 3.20. The molecule has 3 rings (SSSR count). The van der Waals surface area contributed by atoms with E-state index in [0.29, 0.717) is 30.0 Å². The smallest absolute Gasteiger partial charge is 0.276 e. The summed E-state index contributed by atoms with van der Waals surface area (Å²) in [6, 6.07) is 16.9. The summed E-state index contributed by atoms with van der Waals surface area (Å²) in [5.41, 5.74) is 3.29. The lowest BCUT2D eigenvalue weighted by molar-refractivity contribution is 0.0756. The van der Waals surface area contributed by atoms with Crippen molar-refractivity contribution in [3.63, 3.8) is 0 Å². The van der Waals surface area contributed by atoms with Crippen molar-refractivity contribution in [2.24, 2.45) is 0 Å². The molecule has 3 aromatic rings. The van der Waals surface area contributed by atoms with Crippen molar-refractivity contribution in [1.82, 2.24) is 19.9 Å². The average molecular weight is 436 g/mol. The van der Waals surface area contributed by atoms with Crippen molar-refractivity contribution in [1.29, 1.82) is 5.26 Å². The van der Waals surface area contributed by atoms with E-state index in [0.717, 1.165) is 15.7 Å². The van der Waals surface area contributed by atoms with Crippen LogP contribution in [-0.4, -0.2) is 32.3 Å². The van der Waals surface area contributed by atoms with Gasteiger partial charge in [0.05, 0.1) is 23.0 Å². The molecule has 0 saturated carbocycles. The third-order valence-electron chi connectivity index (χ3n) is 4.24. The Morgan fingerprint density at radius 3 is 2.71 bits per heavy atom. The Morgan fingerprint density at radius 1 is 1.32 bits per heavy atom. The molecule has 0 unspecified atom stereocenters. The summed E-state index contributed by atoms with van der Waals surface area (Å²) >= 11 is 3.44. The molecule has 0 bridgehead atoms. The molecule has 1 heterocycles. The minimum Gasteiger partial charge on any atom is -0.329 e. The molecular weight excluding hydrogens is 418 g/mol. The molecule has 0 aliphatic carbocycles. The number of rotatable bonds is 6. The molecule has 0 spiro atoms. The molecule has 0 aliphatic heterocycles. The second kappa shape index (κ2) is 8.63. The standard InChI is InChI=1S/C21H18BrN5O/c1-3-11-26(14-17-9-7-16(13-23)8-10-17)21(28)20-15(2)27(25-24-20)19-6-4-5-18(22)12-19/h3-10,12H,1,11,14H2,2H3. The Kier molecular flexibility index (Phi) is 6.02. The van der Waals surface area contributed by atoms with Gasteiger partial charge >= 0.3 is 0 Å². The number of hydrogen-bond donors (Lipinski definition) is 0. The molecule has 0 radical (unpaired) electrons. The van der Waals surface area contributed by atoms with E-state index in [9.17, 15) is 4.79 Å². The molecular formula is C21H18BrN5O. The van der Waals surface area contributed by atoms with Crippen LogP contribution in [0.2, 0.25) is 0 Å². The molecule has 0 N–H and O–H groups in total. The first-order valence-electron chi connectivity index (χ1n) is 8.61. The number of nitrogens with zero attached hydrogens (tertiary/aromatic N) is 5. The molecule has 140 valence electrons. The van der Waals surface area contributed by atoms with Crippen molar-refractivity contribution in [2.75, 3.05) is 6.54 Å². The second-order valence-electron chi connectivity index (χ2n) is 6.20. The number of aromatic nitrogens is 3. The van der Waals surface area contributed by atoms with Gasteiger partial charge in [0.1, 0.15) is 0 Å². The Morgan fingerprint density at radius 2 is 2.07 bits per heavy atom. The fourth-order valence-electron chi connectivity index (χ4n) is 2.81. The first kappa shape index (κ1) is 19.5. The molecule has 28 heavy (non-hydrogen) atoms. The van der Waals surface area contributed by atoms with Crippen LogP contribution in [0.3, 0.4) is 0 Å². The van der Waals surface area contributed by atoms with Gasteiger partial charge in [-0.05, 0) is 42.8 Å². The zero-order chi connectivity index (χ0) is 20.1. The molecule has 1 aromatic heterocycles. The van der Waals surface area contributed by atoms with Crippen LogP contribution in [0.5, 0.6) is 0 Å². The predicted octanol–water partition coefficient (Wildman–Crippen LogP) is 4.04. The molecule has 0 atom stereocenters. The van der Waals surface area contributed by atoms with Crippen LogP contribution in [0.1, 0.15) is 27.3 Å². The topological polar surface area (TPSA) is 74.8 Å². The summed E-state index contributed by atoms with van der Waals surface area (Å²) in [6.07, 6.45) is 1.68. The maximum absolute atomic E-state index is 13.1. The van der Waals surface area contributed by atoms with Crippen LogP contribution in [-0.2, 0) is 6.54 Å². The van der Waals surface area contributed by atoms with Crippen LogP contribution < -0.4 is 0 Å². The molecule has 0 fully saturated rings. The zero-order valence-corrected chi connectivity index (χ0v) is 16.9.